The molecule has 0 spiro atoms. The standard InChI is InChI=1S/C5H6N2O3S/c6-4-1-2-7-3-5(4)11(8,9)10/h1-3H,(H2,6,7)(H,8,9,10). The van der Waals surface area contributed by atoms with Crippen molar-refractivity contribution in [3.05, 3.63) is 18.5 Å². The number of nitrogens with one attached hydrogen (secondary N) is 1. The fraction of sp³-hybridized carbons (Fsp3) is 0. The Bertz CT molecular complexity index is 360. The SMILES string of the molecule is Nc1cc[nH+]cc1S(=O)(=O)[O-]. The molecule has 0 saturated heterocycles. The molecule has 0 fully saturated rings. The smallest absolute Gasteiger partial charge is 0.186 e. The number of aromatic nitrogens is 1. The Kier molecular flexibility index (Phi) is 1.79. The highest BCUT2D eigenvalue weighted by Crippen LogP contribution is 2.12. The van der Waals surface area contributed by atoms with Crippen molar-refractivity contribution in [2.24, 2.45) is 0 Å². The lowest BCUT2D eigenvalue weighted by Crippen LogP contribution is -2.09. The van der Waals surface area contributed by atoms with Crippen LogP contribution in [0.1, 0.15) is 0 Å². The third kappa shape index (κ3) is 1.66. The molecule has 1 aromatic rings. The van der Waals surface area contributed by atoms with E-state index in [-0.39, 0.29) is 5.69 Å². The third-order valence-electron chi connectivity index (χ3n) is 1.13. The van der Waals surface area contributed by atoms with Gasteiger partial charge in [-0.05, 0) is 0 Å². The lowest BCUT2D eigenvalue weighted by molar-refractivity contribution is -0.380. The largest absolute Gasteiger partial charge is 0.744 e. The van der Waals surface area contributed by atoms with E-state index in [1.807, 2.05) is 0 Å². The van der Waals surface area contributed by atoms with E-state index >= 15 is 0 Å². The number of nitrogens with two attached hydrogens (primary N) is 1. The lowest BCUT2D eigenvalue weighted by atomic mass is 10.4. The van der Waals surface area contributed by atoms with Gasteiger partial charge in [0, 0.05) is 6.07 Å². The molecule has 0 radical (unpaired) electrons. The van der Waals surface area contributed by atoms with Crippen LogP contribution < -0.4 is 10.7 Å². The molecular weight excluding hydrogens is 168 g/mol. The maximum Gasteiger partial charge on any atom is 0.186 e. The zero-order valence-electron chi connectivity index (χ0n) is 5.44. The second kappa shape index (κ2) is 2.48. The van der Waals surface area contributed by atoms with Crippen molar-refractivity contribution >= 4 is 15.8 Å². The van der Waals surface area contributed by atoms with E-state index in [1.165, 1.54) is 12.3 Å². The van der Waals surface area contributed by atoms with Gasteiger partial charge in [0.2, 0.25) is 0 Å². The Morgan fingerprint density at radius 2 is 2.18 bits per heavy atom. The third-order valence-corrected chi connectivity index (χ3v) is 2.02. The average Bonchev–Trinajstić information content (AvgIpc) is 1.86. The van der Waals surface area contributed by atoms with E-state index in [2.05, 4.69) is 4.98 Å². The van der Waals surface area contributed by atoms with E-state index < -0.39 is 15.0 Å². The second-order valence-electron chi connectivity index (χ2n) is 1.92. The first-order valence-corrected chi connectivity index (χ1v) is 4.14. The monoisotopic (exact) mass is 174 g/mol. The summed E-state index contributed by atoms with van der Waals surface area (Å²) in [6.07, 6.45) is 2.49. The van der Waals surface area contributed by atoms with Gasteiger partial charge in [0.15, 0.2) is 12.4 Å². The van der Waals surface area contributed by atoms with Gasteiger partial charge in [0.1, 0.15) is 15.0 Å². The molecule has 0 bridgehead atoms. The van der Waals surface area contributed by atoms with Gasteiger partial charge >= 0.3 is 0 Å². The fourth-order valence-electron chi connectivity index (χ4n) is 0.644. The summed E-state index contributed by atoms with van der Waals surface area (Å²) in [4.78, 5) is 2.03. The number of hydrogen-bond donors (Lipinski definition) is 1. The quantitative estimate of drug-likeness (QED) is 0.551. The Labute approximate surface area is 63.6 Å². The Morgan fingerprint density at radius 1 is 1.55 bits per heavy atom. The minimum Gasteiger partial charge on any atom is -0.744 e. The first-order valence-electron chi connectivity index (χ1n) is 2.73. The van der Waals surface area contributed by atoms with Crippen molar-refractivity contribution in [2.75, 3.05) is 5.73 Å². The molecule has 5 nitrogen and oxygen atoms in total. The number of pyridine rings is 1. The van der Waals surface area contributed by atoms with E-state index in [0.29, 0.717) is 0 Å². The molecule has 0 saturated carbocycles. The molecular formula is C5H6N2O3S. The molecule has 60 valence electrons. The van der Waals surface area contributed by atoms with Gasteiger partial charge in [-0.2, -0.15) is 0 Å². The summed E-state index contributed by atoms with van der Waals surface area (Å²) >= 11 is 0. The minimum absolute atomic E-state index is 0.0428. The molecule has 0 atom stereocenters. The highest BCUT2D eigenvalue weighted by Gasteiger charge is 2.07. The van der Waals surface area contributed by atoms with E-state index in [9.17, 15) is 13.0 Å². The molecule has 0 aliphatic heterocycles. The molecule has 0 aliphatic carbocycles. The average molecular weight is 174 g/mol. The zero-order valence-corrected chi connectivity index (χ0v) is 6.26. The number of nitrogen functional groups attached to an aromatic ring is 1. The van der Waals surface area contributed by atoms with Crippen molar-refractivity contribution < 1.29 is 18.0 Å². The van der Waals surface area contributed by atoms with Crippen molar-refractivity contribution in [3.63, 3.8) is 0 Å². The topological polar surface area (TPSA) is 97.4 Å². The molecule has 1 heterocycles. The van der Waals surface area contributed by atoms with Gasteiger partial charge in [-0.3, -0.25) is 0 Å². The molecule has 1 rings (SSSR count). The van der Waals surface area contributed by atoms with Gasteiger partial charge in [-0.25, -0.2) is 13.4 Å². The summed E-state index contributed by atoms with van der Waals surface area (Å²) in [6, 6.07) is 1.31. The number of rotatable bonds is 1. The number of anilines is 1. The summed E-state index contributed by atoms with van der Waals surface area (Å²) in [5, 5.41) is 0. The van der Waals surface area contributed by atoms with Gasteiger partial charge in [0.05, 0.1) is 5.69 Å². The maximum absolute atomic E-state index is 10.4. The molecule has 6 heteroatoms. The number of H-pyrrole nitrogens is 1. The van der Waals surface area contributed by atoms with Crippen molar-refractivity contribution in [2.45, 2.75) is 4.90 Å². The Balaban J connectivity index is 3.37. The number of aromatic amines is 1. The summed E-state index contributed by atoms with van der Waals surface area (Å²) < 4.78 is 31.2. The van der Waals surface area contributed by atoms with Crippen LogP contribution in [0.3, 0.4) is 0 Å². The summed E-state index contributed by atoms with van der Waals surface area (Å²) in [6.45, 7) is 0. The van der Waals surface area contributed by atoms with Crippen LogP contribution in [0.25, 0.3) is 0 Å². The van der Waals surface area contributed by atoms with Crippen LogP contribution in [0.5, 0.6) is 0 Å². The highest BCUT2D eigenvalue weighted by molar-refractivity contribution is 7.85. The molecule has 0 aliphatic rings. The summed E-state index contributed by atoms with van der Waals surface area (Å²) in [5.74, 6) is 0. The van der Waals surface area contributed by atoms with Crippen molar-refractivity contribution in [3.8, 4) is 0 Å². The summed E-state index contributed by atoms with van der Waals surface area (Å²) in [5.41, 5.74) is 5.16. The molecule has 0 aromatic carbocycles. The fourth-order valence-corrected chi connectivity index (χ4v) is 1.21. The normalized spacial score (nSPS) is 11.4. The molecule has 11 heavy (non-hydrogen) atoms. The van der Waals surface area contributed by atoms with Crippen LogP contribution >= 0.6 is 0 Å². The first kappa shape index (κ1) is 7.96. The van der Waals surface area contributed by atoms with Gasteiger partial charge in [0.25, 0.3) is 0 Å². The van der Waals surface area contributed by atoms with Crippen LogP contribution in [-0.4, -0.2) is 13.0 Å². The Morgan fingerprint density at radius 3 is 2.55 bits per heavy atom. The van der Waals surface area contributed by atoms with Gasteiger partial charge < -0.3 is 10.3 Å². The van der Waals surface area contributed by atoms with Crippen LogP contribution in [0.4, 0.5) is 5.69 Å². The highest BCUT2D eigenvalue weighted by atomic mass is 32.2. The predicted octanol–water partition coefficient (Wildman–Crippen LogP) is -1.01. The van der Waals surface area contributed by atoms with Crippen molar-refractivity contribution in [1.29, 1.82) is 0 Å². The van der Waals surface area contributed by atoms with E-state index in [0.717, 1.165) is 6.20 Å². The summed E-state index contributed by atoms with van der Waals surface area (Å²) in [7, 11) is -4.44. The molecule has 1 aromatic heterocycles. The maximum atomic E-state index is 10.4. The number of hydrogen-bond acceptors (Lipinski definition) is 4. The van der Waals surface area contributed by atoms with Crippen LogP contribution in [0.2, 0.25) is 0 Å². The molecule has 0 amide bonds. The lowest BCUT2D eigenvalue weighted by Gasteiger charge is -2.05. The van der Waals surface area contributed by atoms with Crippen LogP contribution in [0, 0.1) is 0 Å². The van der Waals surface area contributed by atoms with E-state index in [4.69, 9.17) is 5.73 Å². The van der Waals surface area contributed by atoms with Crippen LogP contribution in [-0.2, 0) is 10.1 Å². The molecule has 0 unspecified atom stereocenters. The Hall–Kier alpha value is -1.14. The second-order valence-corrected chi connectivity index (χ2v) is 3.27. The van der Waals surface area contributed by atoms with Crippen molar-refractivity contribution in [1.82, 2.24) is 0 Å². The molecule has 3 N–H and O–H groups in total. The van der Waals surface area contributed by atoms with Crippen LogP contribution in [0.15, 0.2) is 23.4 Å². The van der Waals surface area contributed by atoms with E-state index in [1.54, 1.807) is 0 Å². The predicted molar refractivity (Wildman–Crippen MR) is 35.4 cm³/mol. The minimum atomic E-state index is -4.44. The van der Waals surface area contributed by atoms with Gasteiger partial charge in [-0.15, -0.1) is 0 Å². The first-order chi connectivity index (χ1) is 5.02. The van der Waals surface area contributed by atoms with Gasteiger partial charge in [-0.1, -0.05) is 0 Å². The zero-order chi connectivity index (χ0) is 8.48.